The molecule has 0 aromatic carbocycles. The Morgan fingerprint density at radius 2 is 2.14 bits per heavy atom. The minimum Gasteiger partial charge on any atom is -0.375 e. The molecule has 1 amide bonds. The maximum atomic E-state index is 12.6. The summed E-state index contributed by atoms with van der Waals surface area (Å²) < 4.78 is 12.0. The van der Waals surface area contributed by atoms with Crippen molar-refractivity contribution < 1.29 is 14.1 Å². The molecule has 11 heteroatoms. The van der Waals surface area contributed by atoms with Crippen molar-refractivity contribution in [1.82, 2.24) is 25.0 Å². The fourth-order valence-electron chi connectivity index (χ4n) is 2.63. The first-order valence-electron chi connectivity index (χ1n) is 8.86. The van der Waals surface area contributed by atoms with Gasteiger partial charge >= 0.3 is 0 Å². The van der Waals surface area contributed by atoms with Crippen molar-refractivity contribution in [2.45, 2.75) is 58.8 Å². The summed E-state index contributed by atoms with van der Waals surface area (Å²) in [5.74, 6) is 0.955. The lowest BCUT2D eigenvalue weighted by Crippen LogP contribution is -2.45. The van der Waals surface area contributed by atoms with Gasteiger partial charge in [-0.05, 0) is 18.3 Å². The highest BCUT2D eigenvalue weighted by Crippen LogP contribution is 2.31. The second-order valence-corrected chi connectivity index (χ2v) is 7.51. The van der Waals surface area contributed by atoms with E-state index in [-0.39, 0.29) is 30.3 Å². The van der Waals surface area contributed by atoms with Crippen molar-refractivity contribution in [2.24, 2.45) is 11.1 Å². The second kappa shape index (κ2) is 10.4. The molecule has 0 aliphatic carbocycles. The average molecular weight is 416 g/mol. The number of ether oxygens (including phenoxy) is 1. The molecule has 0 aliphatic rings. The first-order chi connectivity index (χ1) is 12.7. The zero-order valence-corrected chi connectivity index (χ0v) is 17.5. The molecule has 0 radical (unpaired) electrons. The largest absolute Gasteiger partial charge is 0.375 e. The van der Waals surface area contributed by atoms with Crippen molar-refractivity contribution in [2.75, 3.05) is 12.8 Å². The average Bonchev–Trinajstić information content (AvgIpc) is 3.21. The molecule has 0 bridgehead atoms. The van der Waals surface area contributed by atoms with E-state index in [2.05, 4.69) is 20.4 Å². The summed E-state index contributed by atoms with van der Waals surface area (Å²) in [7, 11) is 1.54. The number of rotatable bonds is 9. The zero-order valence-electron chi connectivity index (χ0n) is 16.7. The molecule has 28 heavy (non-hydrogen) atoms. The number of carbonyl (C=O) groups is 1. The fourth-order valence-corrected chi connectivity index (χ4v) is 2.63. The number of amides is 1. The van der Waals surface area contributed by atoms with Crippen LogP contribution in [0.1, 0.15) is 51.4 Å². The van der Waals surface area contributed by atoms with Crippen LogP contribution in [0.15, 0.2) is 16.9 Å². The van der Waals surface area contributed by atoms with E-state index in [1.807, 2.05) is 25.3 Å². The Labute approximate surface area is 170 Å². The highest BCUT2D eigenvalue weighted by Gasteiger charge is 2.33. The van der Waals surface area contributed by atoms with E-state index >= 15 is 0 Å². The van der Waals surface area contributed by atoms with Gasteiger partial charge in [0.15, 0.2) is 11.8 Å². The minimum absolute atomic E-state index is 0. The molecule has 0 aliphatic heterocycles. The lowest BCUT2D eigenvalue weighted by Gasteiger charge is -2.29. The van der Waals surface area contributed by atoms with Gasteiger partial charge in [-0.3, -0.25) is 4.79 Å². The summed E-state index contributed by atoms with van der Waals surface area (Å²) in [6.07, 6.45) is 4.65. The predicted octanol–water partition coefficient (Wildman–Crippen LogP) is 1.43. The molecule has 2 atom stereocenters. The van der Waals surface area contributed by atoms with Gasteiger partial charge in [-0.1, -0.05) is 25.9 Å². The number of nitrogen functional groups attached to an aromatic ring is 1. The number of methoxy groups -OCH3 is 1. The summed E-state index contributed by atoms with van der Waals surface area (Å²) in [6, 6.07) is -1.08. The van der Waals surface area contributed by atoms with Gasteiger partial charge in [-0.2, -0.15) is 4.98 Å². The Morgan fingerprint density at radius 3 is 2.71 bits per heavy atom. The summed E-state index contributed by atoms with van der Waals surface area (Å²) in [5.41, 5.74) is 11.5. The number of hydrogen-bond donors (Lipinski definition) is 3. The summed E-state index contributed by atoms with van der Waals surface area (Å²) in [6.45, 7) is 6.82. The number of nitrogens with two attached hydrogens (primary N) is 2. The van der Waals surface area contributed by atoms with Gasteiger partial charge in [0.05, 0.1) is 12.1 Å². The van der Waals surface area contributed by atoms with Crippen molar-refractivity contribution in [3.05, 3.63) is 24.1 Å². The molecule has 0 unspecified atom stereocenters. The van der Waals surface area contributed by atoms with Crippen LogP contribution in [0, 0.1) is 5.41 Å². The van der Waals surface area contributed by atoms with Gasteiger partial charge in [0.1, 0.15) is 6.61 Å². The van der Waals surface area contributed by atoms with E-state index in [1.165, 1.54) is 0 Å². The number of nitrogens with one attached hydrogen (secondary N) is 1. The number of aryl methyl sites for hydroxylation is 1. The molecule has 0 saturated heterocycles. The SMILES string of the molecule is COCc1nc([C@@H](NC(=O)[C@@H](N)CCCn2ccnc2N)C(C)(C)C)no1.Cl. The maximum Gasteiger partial charge on any atom is 0.252 e. The maximum absolute atomic E-state index is 12.6. The van der Waals surface area contributed by atoms with Crippen LogP contribution in [0.2, 0.25) is 0 Å². The van der Waals surface area contributed by atoms with E-state index in [4.69, 9.17) is 20.7 Å². The first-order valence-corrected chi connectivity index (χ1v) is 8.86. The molecule has 10 nitrogen and oxygen atoms in total. The molecule has 2 aromatic heterocycles. The first kappa shape index (κ1) is 23.9. The van der Waals surface area contributed by atoms with Gasteiger partial charge in [0, 0.05) is 26.0 Å². The van der Waals surface area contributed by atoms with Crippen LogP contribution in [0.4, 0.5) is 5.95 Å². The summed E-state index contributed by atoms with van der Waals surface area (Å²) in [5, 5.41) is 6.92. The van der Waals surface area contributed by atoms with Gasteiger partial charge in [0.2, 0.25) is 5.91 Å². The van der Waals surface area contributed by atoms with Crippen LogP contribution >= 0.6 is 12.4 Å². The molecule has 0 saturated carbocycles. The molecule has 2 aromatic rings. The molecule has 2 rings (SSSR count). The monoisotopic (exact) mass is 415 g/mol. The molecule has 158 valence electrons. The van der Waals surface area contributed by atoms with Crippen molar-refractivity contribution in [3.8, 4) is 0 Å². The Bertz CT molecular complexity index is 741. The van der Waals surface area contributed by atoms with E-state index in [0.717, 1.165) is 0 Å². The van der Waals surface area contributed by atoms with Crippen LogP contribution in [0.5, 0.6) is 0 Å². The van der Waals surface area contributed by atoms with Crippen LogP contribution in [-0.4, -0.2) is 38.8 Å². The van der Waals surface area contributed by atoms with Crippen molar-refractivity contribution in [1.29, 1.82) is 0 Å². The number of aromatic nitrogens is 4. The number of nitrogens with zero attached hydrogens (tertiary/aromatic N) is 4. The summed E-state index contributed by atoms with van der Waals surface area (Å²) >= 11 is 0. The van der Waals surface area contributed by atoms with Crippen LogP contribution in [0.3, 0.4) is 0 Å². The number of halogens is 1. The predicted molar refractivity (Wildman–Crippen MR) is 106 cm³/mol. The number of anilines is 1. The van der Waals surface area contributed by atoms with E-state index in [9.17, 15) is 4.79 Å². The fraction of sp³-hybridized carbons (Fsp3) is 0.647. The third kappa shape index (κ3) is 6.47. The van der Waals surface area contributed by atoms with Crippen LogP contribution in [0.25, 0.3) is 0 Å². The van der Waals surface area contributed by atoms with E-state index < -0.39 is 12.1 Å². The lowest BCUT2D eigenvalue weighted by molar-refractivity contribution is -0.124. The van der Waals surface area contributed by atoms with E-state index in [1.54, 1.807) is 19.5 Å². The van der Waals surface area contributed by atoms with Gasteiger partial charge in [-0.15, -0.1) is 12.4 Å². The van der Waals surface area contributed by atoms with Crippen LogP contribution in [-0.2, 0) is 22.7 Å². The second-order valence-electron chi connectivity index (χ2n) is 7.51. The Kier molecular flexibility index (Phi) is 8.86. The normalized spacial score (nSPS) is 13.6. The molecule has 0 spiro atoms. The van der Waals surface area contributed by atoms with Crippen molar-refractivity contribution >= 4 is 24.3 Å². The van der Waals surface area contributed by atoms with Gasteiger partial charge in [-0.25, -0.2) is 4.98 Å². The third-order valence-electron chi connectivity index (χ3n) is 4.16. The van der Waals surface area contributed by atoms with Gasteiger partial charge in [0.25, 0.3) is 5.89 Å². The minimum atomic E-state index is -0.648. The van der Waals surface area contributed by atoms with E-state index in [0.29, 0.717) is 37.0 Å². The Hall–Kier alpha value is -2.17. The third-order valence-corrected chi connectivity index (χ3v) is 4.16. The molecule has 5 N–H and O–H groups in total. The Morgan fingerprint density at radius 1 is 1.43 bits per heavy atom. The highest BCUT2D eigenvalue weighted by molar-refractivity contribution is 5.85. The zero-order chi connectivity index (χ0) is 20.0. The number of imidazole rings is 1. The smallest absolute Gasteiger partial charge is 0.252 e. The standard InChI is InChI=1S/C17H29N7O3.ClH/c1-17(2,3)13(14-21-12(10-26-4)27-23-14)22-15(25)11(18)6-5-8-24-9-7-20-16(24)19;/h7,9,11,13H,5-6,8,10,18H2,1-4H3,(H2,19,20)(H,22,25);1H/t11-,13+;/m0./s1. The topological polar surface area (TPSA) is 147 Å². The highest BCUT2D eigenvalue weighted by atomic mass is 35.5. The van der Waals surface area contributed by atoms with Crippen LogP contribution < -0.4 is 16.8 Å². The Balaban J connectivity index is 0.00000392. The lowest BCUT2D eigenvalue weighted by atomic mass is 9.86. The number of carbonyl (C=O) groups excluding carboxylic acids is 1. The van der Waals surface area contributed by atoms with Gasteiger partial charge < -0.3 is 30.6 Å². The molecule has 0 fully saturated rings. The number of hydrogen-bond acceptors (Lipinski definition) is 8. The quantitative estimate of drug-likeness (QED) is 0.557. The molecule has 2 heterocycles. The summed E-state index contributed by atoms with van der Waals surface area (Å²) in [4.78, 5) is 20.8. The molecular weight excluding hydrogens is 386 g/mol. The molecular formula is C17H30ClN7O3. The van der Waals surface area contributed by atoms with Crippen molar-refractivity contribution in [3.63, 3.8) is 0 Å².